The molecule has 0 aromatic carbocycles. The number of ether oxygens (including phenoxy) is 3. The second-order valence-electron chi connectivity index (χ2n) is 6.38. The Hall–Kier alpha value is -0.450. The Morgan fingerprint density at radius 3 is 2.80 bits per heavy atom. The van der Waals surface area contributed by atoms with Crippen LogP contribution in [0, 0.1) is 0 Å². The van der Waals surface area contributed by atoms with Crippen LogP contribution >= 0.6 is 0 Å². The van der Waals surface area contributed by atoms with E-state index in [1.54, 1.807) is 6.92 Å². The molecule has 4 nitrogen and oxygen atoms in total. The van der Waals surface area contributed by atoms with Gasteiger partial charge in [0.2, 0.25) is 0 Å². The molecule has 116 valence electrons. The van der Waals surface area contributed by atoms with Gasteiger partial charge >= 0.3 is 0 Å². The summed E-state index contributed by atoms with van der Waals surface area (Å²) in [5.41, 5.74) is -0.769. The molecule has 1 heterocycles. The molecule has 0 amide bonds. The van der Waals surface area contributed by atoms with E-state index in [0.717, 1.165) is 38.6 Å². The normalized spacial score (nSPS) is 36.8. The fourth-order valence-corrected chi connectivity index (χ4v) is 3.07. The molecular weight excluding hydrogens is 256 g/mol. The first kappa shape index (κ1) is 15.9. The molecular formula is C16H28O4. The van der Waals surface area contributed by atoms with Gasteiger partial charge in [0.1, 0.15) is 5.60 Å². The molecule has 1 saturated heterocycles. The van der Waals surface area contributed by atoms with Gasteiger partial charge in [0.25, 0.3) is 0 Å². The highest BCUT2D eigenvalue weighted by Crippen LogP contribution is 2.43. The number of carbonyl (C=O) groups excluding carboxylic acids is 1. The van der Waals surface area contributed by atoms with Gasteiger partial charge in [-0.3, -0.25) is 0 Å². The first-order chi connectivity index (χ1) is 9.61. The van der Waals surface area contributed by atoms with Crippen molar-refractivity contribution in [1.29, 1.82) is 0 Å². The topological polar surface area (TPSA) is 44.8 Å². The van der Waals surface area contributed by atoms with Crippen molar-refractivity contribution in [2.45, 2.75) is 82.7 Å². The van der Waals surface area contributed by atoms with Crippen LogP contribution in [-0.2, 0) is 19.0 Å². The first-order valence-electron chi connectivity index (χ1n) is 8.03. The third-order valence-electron chi connectivity index (χ3n) is 4.28. The van der Waals surface area contributed by atoms with E-state index >= 15 is 0 Å². The largest absolute Gasteiger partial charge is 0.378 e. The Bertz CT molecular complexity index is 320. The van der Waals surface area contributed by atoms with Crippen molar-refractivity contribution in [1.82, 2.24) is 0 Å². The van der Waals surface area contributed by atoms with Gasteiger partial charge in [-0.1, -0.05) is 32.6 Å². The summed E-state index contributed by atoms with van der Waals surface area (Å²) in [7, 11) is 0. The molecule has 1 aliphatic carbocycles. The summed E-state index contributed by atoms with van der Waals surface area (Å²) >= 11 is 0. The monoisotopic (exact) mass is 284 g/mol. The van der Waals surface area contributed by atoms with Gasteiger partial charge in [-0.2, -0.15) is 0 Å². The number of rotatable bonds is 8. The Kier molecular flexibility index (Phi) is 5.58. The molecule has 0 bridgehead atoms. The smallest absolute Gasteiger partial charge is 0.172 e. The van der Waals surface area contributed by atoms with Crippen molar-refractivity contribution in [3.63, 3.8) is 0 Å². The number of aldehydes is 1. The Morgan fingerprint density at radius 1 is 1.30 bits per heavy atom. The Morgan fingerprint density at radius 2 is 2.10 bits per heavy atom. The average Bonchev–Trinajstić information content (AvgIpc) is 2.99. The van der Waals surface area contributed by atoms with E-state index in [9.17, 15) is 4.79 Å². The number of hydrogen-bond acceptors (Lipinski definition) is 4. The molecule has 0 aromatic heterocycles. The number of hydrogen-bond donors (Lipinski definition) is 0. The van der Waals surface area contributed by atoms with Crippen LogP contribution in [0.15, 0.2) is 0 Å². The highest BCUT2D eigenvalue weighted by atomic mass is 16.8. The van der Waals surface area contributed by atoms with Gasteiger partial charge in [0, 0.05) is 19.4 Å². The van der Waals surface area contributed by atoms with Gasteiger partial charge in [-0.05, 0) is 19.8 Å². The predicted octanol–water partition coefficient (Wildman–Crippen LogP) is 3.23. The molecule has 0 aromatic rings. The van der Waals surface area contributed by atoms with Crippen LogP contribution < -0.4 is 0 Å². The second-order valence-corrected chi connectivity index (χ2v) is 6.38. The summed E-state index contributed by atoms with van der Waals surface area (Å²) < 4.78 is 17.6. The average molecular weight is 284 g/mol. The minimum absolute atomic E-state index is 0.218. The van der Waals surface area contributed by atoms with Gasteiger partial charge in [-0.25, -0.2) is 0 Å². The summed E-state index contributed by atoms with van der Waals surface area (Å²) in [6, 6.07) is 0. The summed E-state index contributed by atoms with van der Waals surface area (Å²) in [6.07, 6.45) is 9.90. The lowest BCUT2D eigenvalue weighted by Crippen LogP contribution is -2.34. The van der Waals surface area contributed by atoms with E-state index in [1.165, 1.54) is 25.7 Å². The maximum absolute atomic E-state index is 11.0. The molecule has 2 aliphatic rings. The number of carbonyl (C=O) groups is 1. The molecule has 2 rings (SSSR count). The maximum Gasteiger partial charge on any atom is 0.172 e. The van der Waals surface area contributed by atoms with Crippen LogP contribution in [0.1, 0.15) is 65.2 Å². The molecule has 2 fully saturated rings. The molecule has 1 spiro atoms. The zero-order valence-electron chi connectivity index (χ0n) is 12.9. The molecule has 3 atom stereocenters. The quantitative estimate of drug-likeness (QED) is 0.507. The summed E-state index contributed by atoms with van der Waals surface area (Å²) in [6.45, 7) is 5.20. The van der Waals surface area contributed by atoms with Crippen molar-refractivity contribution in [2.75, 3.05) is 13.2 Å². The van der Waals surface area contributed by atoms with Crippen LogP contribution in [0.5, 0.6) is 0 Å². The predicted molar refractivity (Wildman–Crippen MR) is 76.6 cm³/mol. The van der Waals surface area contributed by atoms with Crippen molar-refractivity contribution in [3.05, 3.63) is 0 Å². The van der Waals surface area contributed by atoms with Crippen LogP contribution in [-0.4, -0.2) is 37.0 Å². The second kappa shape index (κ2) is 7.01. The highest BCUT2D eigenvalue weighted by Gasteiger charge is 2.52. The summed E-state index contributed by atoms with van der Waals surface area (Å²) in [4.78, 5) is 11.0. The lowest BCUT2D eigenvalue weighted by atomic mass is 10.1. The molecule has 0 radical (unpaired) electrons. The summed E-state index contributed by atoms with van der Waals surface area (Å²) in [5.74, 6) is -0.567. The highest BCUT2D eigenvalue weighted by molar-refractivity contribution is 5.62. The van der Waals surface area contributed by atoms with Crippen LogP contribution in [0.3, 0.4) is 0 Å². The molecule has 4 heteroatoms. The molecule has 1 aliphatic heterocycles. The molecule has 1 saturated carbocycles. The first-order valence-corrected chi connectivity index (χ1v) is 8.03. The van der Waals surface area contributed by atoms with Crippen molar-refractivity contribution in [2.24, 2.45) is 0 Å². The standard InChI is InChI=1S/C16H28O4/c1-3-4-5-6-7-10-18-14-8-9-16(11-14)19-13-15(2,12-17)20-16/h12,14H,3-11,13H2,1-2H3/t14-,15?,16?/m1/s1. The van der Waals surface area contributed by atoms with Crippen LogP contribution in [0.25, 0.3) is 0 Å². The molecule has 0 N–H and O–H groups in total. The Balaban J connectivity index is 1.64. The van der Waals surface area contributed by atoms with Gasteiger partial charge in [0.05, 0.1) is 12.7 Å². The third-order valence-corrected chi connectivity index (χ3v) is 4.28. The Labute approximate surface area is 122 Å². The fraction of sp³-hybridized carbons (Fsp3) is 0.938. The minimum atomic E-state index is -0.769. The van der Waals surface area contributed by atoms with E-state index in [0.29, 0.717) is 6.61 Å². The minimum Gasteiger partial charge on any atom is -0.378 e. The van der Waals surface area contributed by atoms with Crippen LogP contribution in [0.4, 0.5) is 0 Å². The van der Waals surface area contributed by atoms with E-state index < -0.39 is 11.4 Å². The van der Waals surface area contributed by atoms with E-state index in [1.807, 2.05) is 0 Å². The SMILES string of the molecule is CCCCCCCO[C@@H]1CCC2(C1)OCC(C)(C=O)O2. The van der Waals surface area contributed by atoms with Crippen molar-refractivity contribution < 1.29 is 19.0 Å². The van der Waals surface area contributed by atoms with Gasteiger partial charge in [-0.15, -0.1) is 0 Å². The lowest BCUT2D eigenvalue weighted by molar-refractivity contribution is -0.183. The molecule has 2 unspecified atom stereocenters. The zero-order valence-corrected chi connectivity index (χ0v) is 12.9. The maximum atomic E-state index is 11.0. The third kappa shape index (κ3) is 4.03. The van der Waals surface area contributed by atoms with Crippen molar-refractivity contribution >= 4 is 6.29 Å². The van der Waals surface area contributed by atoms with Gasteiger partial charge < -0.3 is 19.0 Å². The molecule has 20 heavy (non-hydrogen) atoms. The van der Waals surface area contributed by atoms with E-state index in [4.69, 9.17) is 14.2 Å². The van der Waals surface area contributed by atoms with E-state index in [-0.39, 0.29) is 6.10 Å². The van der Waals surface area contributed by atoms with Gasteiger partial charge in [0.15, 0.2) is 12.1 Å². The van der Waals surface area contributed by atoms with Crippen LogP contribution in [0.2, 0.25) is 0 Å². The van der Waals surface area contributed by atoms with Crippen molar-refractivity contribution in [3.8, 4) is 0 Å². The van der Waals surface area contributed by atoms with E-state index in [2.05, 4.69) is 6.92 Å². The fourth-order valence-electron chi connectivity index (χ4n) is 3.07. The summed E-state index contributed by atoms with van der Waals surface area (Å²) in [5, 5.41) is 0. The lowest BCUT2D eigenvalue weighted by Gasteiger charge is -2.24. The number of unbranched alkanes of at least 4 members (excludes halogenated alkanes) is 4. The zero-order chi connectivity index (χ0) is 14.5.